The number of amides is 1. The molecule has 98 valence electrons. The molecule has 0 aromatic heterocycles. The van der Waals surface area contributed by atoms with E-state index in [9.17, 15) is 18.0 Å². The first kappa shape index (κ1) is 13.9. The van der Waals surface area contributed by atoms with Crippen LogP contribution in [0.1, 0.15) is 10.4 Å². The molecule has 19 heavy (non-hydrogen) atoms. The van der Waals surface area contributed by atoms with Crippen molar-refractivity contribution < 1.29 is 18.0 Å². The van der Waals surface area contributed by atoms with Crippen molar-refractivity contribution in [3.8, 4) is 0 Å². The molecule has 0 aliphatic rings. The number of halogens is 4. The van der Waals surface area contributed by atoms with Crippen LogP contribution in [0.3, 0.4) is 0 Å². The van der Waals surface area contributed by atoms with Crippen molar-refractivity contribution in [3.63, 3.8) is 0 Å². The predicted octanol–water partition coefficient (Wildman–Crippen LogP) is 3.96. The van der Waals surface area contributed by atoms with Gasteiger partial charge >= 0.3 is 0 Å². The minimum absolute atomic E-state index is 0.0234. The summed E-state index contributed by atoms with van der Waals surface area (Å²) >= 11 is 1.52. The third-order valence-electron chi connectivity index (χ3n) is 2.33. The second-order valence-corrected chi connectivity index (χ2v) is 4.80. The summed E-state index contributed by atoms with van der Waals surface area (Å²) in [5.41, 5.74) is 0.0454. The third kappa shape index (κ3) is 3.25. The van der Waals surface area contributed by atoms with Gasteiger partial charge in [0.05, 0.1) is 3.57 Å². The number of hydrogen-bond acceptors (Lipinski definition) is 1. The highest BCUT2D eigenvalue weighted by Crippen LogP contribution is 2.21. The van der Waals surface area contributed by atoms with Gasteiger partial charge < -0.3 is 5.32 Å². The van der Waals surface area contributed by atoms with Gasteiger partial charge in [-0.15, -0.1) is 0 Å². The summed E-state index contributed by atoms with van der Waals surface area (Å²) in [6, 6.07) is 7.01. The van der Waals surface area contributed by atoms with Crippen molar-refractivity contribution in [1.82, 2.24) is 0 Å². The van der Waals surface area contributed by atoms with Gasteiger partial charge in [0.2, 0.25) is 0 Å². The molecule has 0 unspecified atom stereocenters. The van der Waals surface area contributed by atoms with Crippen molar-refractivity contribution in [2.24, 2.45) is 0 Å². The molecule has 0 bridgehead atoms. The molecule has 0 saturated heterocycles. The van der Waals surface area contributed by atoms with E-state index >= 15 is 0 Å². The number of anilines is 1. The summed E-state index contributed by atoms with van der Waals surface area (Å²) in [7, 11) is 0. The number of carbonyl (C=O) groups excluding carboxylic acids is 1. The van der Waals surface area contributed by atoms with Crippen LogP contribution in [-0.2, 0) is 0 Å². The molecule has 2 aromatic rings. The van der Waals surface area contributed by atoms with Crippen LogP contribution in [0.15, 0.2) is 36.4 Å². The molecule has 0 saturated carbocycles. The lowest BCUT2D eigenvalue weighted by Crippen LogP contribution is -2.12. The van der Waals surface area contributed by atoms with E-state index in [1.807, 2.05) is 0 Å². The van der Waals surface area contributed by atoms with Crippen LogP contribution < -0.4 is 5.32 Å². The molecule has 0 aliphatic heterocycles. The summed E-state index contributed by atoms with van der Waals surface area (Å²) in [4.78, 5) is 11.7. The van der Waals surface area contributed by atoms with Crippen LogP contribution in [0.4, 0.5) is 18.9 Å². The Balaban J connectivity index is 2.24. The van der Waals surface area contributed by atoms with E-state index in [-0.39, 0.29) is 14.8 Å². The monoisotopic (exact) mass is 377 g/mol. The largest absolute Gasteiger partial charge is 0.322 e. The molecule has 2 aromatic carbocycles. The van der Waals surface area contributed by atoms with E-state index in [2.05, 4.69) is 5.32 Å². The van der Waals surface area contributed by atoms with Crippen molar-refractivity contribution in [2.75, 3.05) is 5.32 Å². The van der Waals surface area contributed by atoms with E-state index in [0.717, 1.165) is 18.2 Å². The summed E-state index contributed by atoms with van der Waals surface area (Å²) in [6.07, 6.45) is 0. The summed E-state index contributed by atoms with van der Waals surface area (Å²) in [5, 5.41) is 2.31. The Bertz CT molecular complexity index is 623. The topological polar surface area (TPSA) is 29.1 Å². The zero-order chi connectivity index (χ0) is 14.0. The number of benzene rings is 2. The molecule has 0 fully saturated rings. The van der Waals surface area contributed by atoms with Gasteiger partial charge in [-0.05, 0) is 52.9 Å². The van der Waals surface area contributed by atoms with Crippen LogP contribution in [0.5, 0.6) is 0 Å². The Hall–Kier alpha value is -1.57. The highest BCUT2D eigenvalue weighted by atomic mass is 127. The minimum Gasteiger partial charge on any atom is -0.322 e. The lowest BCUT2D eigenvalue weighted by molar-refractivity contribution is 0.102. The van der Waals surface area contributed by atoms with Gasteiger partial charge in [0, 0.05) is 11.3 Å². The Morgan fingerprint density at radius 1 is 1.05 bits per heavy atom. The maximum atomic E-state index is 13.3. The first-order valence-corrected chi connectivity index (χ1v) is 6.26. The van der Waals surface area contributed by atoms with Crippen molar-refractivity contribution >= 4 is 34.2 Å². The van der Waals surface area contributed by atoms with E-state index < -0.39 is 23.4 Å². The van der Waals surface area contributed by atoms with E-state index in [4.69, 9.17) is 0 Å². The second kappa shape index (κ2) is 5.60. The zero-order valence-electron chi connectivity index (χ0n) is 9.38. The molecule has 6 heteroatoms. The van der Waals surface area contributed by atoms with Crippen LogP contribution in [-0.4, -0.2) is 5.91 Å². The molecule has 0 heterocycles. The van der Waals surface area contributed by atoms with Crippen LogP contribution >= 0.6 is 22.6 Å². The molecule has 2 rings (SSSR count). The lowest BCUT2D eigenvalue weighted by atomic mass is 10.2. The van der Waals surface area contributed by atoms with Gasteiger partial charge in [0.15, 0.2) is 0 Å². The third-order valence-corrected chi connectivity index (χ3v) is 3.36. The average Bonchev–Trinajstić information content (AvgIpc) is 2.36. The molecule has 1 amide bonds. The smallest absolute Gasteiger partial charge is 0.255 e. The predicted molar refractivity (Wildman–Crippen MR) is 73.4 cm³/mol. The summed E-state index contributed by atoms with van der Waals surface area (Å²) in [6.45, 7) is 0. The first-order valence-electron chi connectivity index (χ1n) is 5.19. The Labute approximate surface area is 120 Å². The molecular formula is C13H7F3INO. The number of hydrogen-bond donors (Lipinski definition) is 1. The number of nitrogens with one attached hydrogen (secondary N) is 1. The zero-order valence-corrected chi connectivity index (χ0v) is 11.5. The van der Waals surface area contributed by atoms with Crippen molar-refractivity contribution in [2.45, 2.75) is 0 Å². The number of rotatable bonds is 2. The summed E-state index contributed by atoms with van der Waals surface area (Å²) < 4.78 is 39.4. The maximum Gasteiger partial charge on any atom is 0.255 e. The maximum absolute atomic E-state index is 13.3. The van der Waals surface area contributed by atoms with E-state index in [0.29, 0.717) is 0 Å². The Kier molecular flexibility index (Phi) is 4.08. The second-order valence-electron chi connectivity index (χ2n) is 3.72. The fraction of sp³-hybridized carbons (Fsp3) is 0. The Morgan fingerprint density at radius 2 is 1.68 bits per heavy atom. The molecule has 0 atom stereocenters. The van der Waals surface area contributed by atoms with Gasteiger partial charge in [-0.3, -0.25) is 4.79 Å². The minimum atomic E-state index is -0.768. The average molecular weight is 377 g/mol. The van der Waals surface area contributed by atoms with E-state index in [1.54, 1.807) is 0 Å². The fourth-order valence-corrected chi connectivity index (χ4v) is 1.77. The van der Waals surface area contributed by atoms with Crippen molar-refractivity contribution in [3.05, 3.63) is 63.0 Å². The molecule has 0 aliphatic carbocycles. The van der Waals surface area contributed by atoms with Crippen LogP contribution in [0, 0.1) is 21.0 Å². The van der Waals surface area contributed by atoms with Gasteiger partial charge in [0.1, 0.15) is 17.5 Å². The lowest BCUT2D eigenvalue weighted by Gasteiger charge is -2.07. The van der Waals surface area contributed by atoms with E-state index in [1.165, 1.54) is 40.8 Å². The number of carbonyl (C=O) groups is 1. The Morgan fingerprint density at radius 3 is 2.26 bits per heavy atom. The SMILES string of the molecule is O=C(Nc1cc(F)c(I)c(F)c1)c1cccc(F)c1. The van der Waals surface area contributed by atoms with Crippen LogP contribution in [0.2, 0.25) is 0 Å². The summed E-state index contributed by atoms with van der Waals surface area (Å²) in [5.74, 6) is -2.74. The molecular weight excluding hydrogens is 370 g/mol. The molecule has 2 nitrogen and oxygen atoms in total. The molecule has 1 N–H and O–H groups in total. The highest BCUT2D eigenvalue weighted by molar-refractivity contribution is 14.1. The fourth-order valence-electron chi connectivity index (χ4n) is 1.46. The molecule has 0 radical (unpaired) electrons. The molecule has 0 spiro atoms. The van der Waals surface area contributed by atoms with Crippen molar-refractivity contribution in [1.29, 1.82) is 0 Å². The standard InChI is InChI=1S/C13H7F3INO/c14-8-3-1-2-7(4-8)13(19)18-9-5-10(15)12(17)11(16)6-9/h1-6H,(H,18,19). The van der Waals surface area contributed by atoms with Crippen LogP contribution in [0.25, 0.3) is 0 Å². The van der Waals surface area contributed by atoms with Gasteiger partial charge in [-0.25, -0.2) is 13.2 Å². The first-order chi connectivity index (χ1) is 8.97. The quantitative estimate of drug-likeness (QED) is 0.623. The highest BCUT2D eigenvalue weighted by Gasteiger charge is 2.11. The van der Waals surface area contributed by atoms with Gasteiger partial charge in [-0.1, -0.05) is 6.07 Å². The normalized spacial score (nSPS) is 10.3. The van der Waals surface area contributed by atoms with Gasteiger partial charge in [0.25, 0.3) is 5.91 Å². The van der Waals surface area contributed by atoms with Gasteiger partial charge in [-0.2, -0.15) is 0 Å².